The highest BCUT2D eigenvalue weighted by atomic mass is 15.1. The van der Waals surface area contributed by atoms with Crippen molar-refractivity contribution in [3.05, 3.63) is 170 Å². The van der Waals surface area contributed by atoms with Crippen molar-refractivity contribution in [1.82, 2.24) is 29.9 Å². The molecule has 7 nitrogen and oxygen atoms in total. The molecule has 0 fully saturated rings. The van der Waals surface area contributed by atoms with Gasteiger partial charge in [-0.2, -0.15) is 0 Å². The molecule has 8 aromatic rings. The first-order chi connectivity index (χ1) is 25.8. The number of anilines is 1. The van der Waals surface area contributed by atoms with Crippen molar-refractivity contribution >= 4 is 28.9 Å². The zero-order chi connectivity index (χ0) is 34.4. The lowest BCUT2D eigenvalue weighted by Crippen LogP contribution is -2.49. The fraction of sp³-hybridized carbons (Fsp3) is 0. The van der Waals surface area contributed by atoms with Crippen molar-refractivity contribution in [1.29, 1.82) is 0 Å². The lowest BCUT2D eigenvalue weighted by Gasteiger charge is -2.38. The predicted molar refractivity (Wildman–Crippen MR) is 209 cm³/mol. The fourth-order valence-corrected chi connectivity index (χ4v) is 7.32. The number of rotatable bonds is 5. The van der Waals surface area contributed by atoms with Crippen molar-refractivity contribution in [3.8, 4) is 67.8 Å². The number of aromatic nitrogens is 6. The fourth-order valence-electron chi connectivity index (χ4n) is 7.32. The van der Waals surface area contributed by atoms with Crippen molar-refractivity contribution in [3.63, 3.8) is 0 Å². The van der Waals surface area contributed by atoms with Crippen LogP contribution in [0.3, 0.4) is 0 Å². The van der Waals surface area contributed by atoms with Crippen LogP contribution in [0, 0.1) is 0 Å². The molecule has 0 saturated heterocycles. The lowest BCUT2D eigenvalue weighted by atomic mass is 9.49. The topological polar surface area (TPSA) is 80.6 Å². The normalized spacial score (nSPS) is 12.8. The molecule has 2 aliphatic rings. The van der Waals surface area contributed by atoms with Crippen LogP contribution in [0.15, 0.2) is 170 Å². The SMILES string of the molecule is C1=CB2c3ccc(-c4ccccc4)cc3-c3c(-c4cccc5cccnc45)cc(-c4nc(-c5ccccn5)nc(-c5ccccn5)n4)cc3N2C=C1. The minimum absolute atomic E-state index is 0.0117. The molecule has 242 valence electrons. The first-order valence-electron chi connectivity index (χ1n) is 17.2. The highest BCUT2D eigenvalue weighted by Crippen LogP contribution is 2.47. The van der Waals surface area contributed by atoms with E-state index in [1.165, 1.54) is 16.6 Å². The smallest absolute Gasteiger partial charge is 0.320 e. The summed E-state index contributed by atoms with van der Waals surface area (Å²) in [6.45, 7) is 0.0117. The standard InChI is InChI=1S/C44H28BN7/c1-2-12-29(13-3-1)31-19-20-36-35(26-31)40-34(33-16-10-14-30-15-11-24-48-41(30)33)27-32(28-39(40)52-25-9-6-21-45(36)52)42-49-43(37-17-4-7-22-46-37)51-44(50-42)38-18-5-8-23-47-38/h1-28H. The van der Waals surface area contributed by atoms with Crippen LogP contribution in [0.1, 0.15) is 0 Å². The maximum absolute atomic E-state index is 5.07. The van der Waals surface area contributed by atoms with Crippen LogP contribution in [0.4, 0.5) is 5.69 Å². The van der Waals surface area contributed by atoms with E-state index < -0.39 is 0 Å². The number of pyridine rings is 3. The monoisotopic (exact) mass is 665 g/mol. The van der Waals surface area contributed by atoms with Gasteiger partial charge in [-0.05, 0) is 88.5 Å². The van der Waals surface area contributed by atoms with Gasteiger partial charge in [-0.15, -0.1) is 0 Å². The second kappa shape index (κ2) is 12.4. The quantitative estimate of drug-likeness (QED) is 0.170. The van der Waals surface area contributed by atoms with Gasteiger partial charge in [0, 0.05) is 46.4 Å². The number of benzene rings is 4. The third-order valence-electron chi connectivity index (χ3n) is 9.70. The largest absolute Gasteiger partial charge is 0.383 e. The summed E-state index contributed by atoms with van der Waals surface area (Å²) in [5.41, 5.74) is 12.1. The van der Waals surface area contributed by atoms with E-state index >= 15 is 0 Å². The predicted octanol–water partition coefficient (Wildman–Crippen LogP) is 8.85. The number of para-hydroxylation sites is 1. The Hall–Kier alpha value is -7.06. The molecule has 0 N–H and O–H groups in total. The van der Waals surface area contributed by atoms with Gasteiger partial charge in [0.05, 0.1) is 5.52 Å². The Labute approximate surface area is 300 Å². The van der Waals surface area contributed by atoms with Crippen molar-refractivity contribution in [2.24, 2.45) is 0 Å². The van der Waals surface area contributed by atoms with E-state index in [1.807, 2.05) is 48.7 Å². The minimum Gasteiger partial charge on any atom is -0.383 e. The molecule has 0 aliphatic carbocycles. The molecule has 10 rings (SSSR count). The van der Waals surface area contributed by atoms with Gasteiger partial charge in [0.15, 0.2) is 17.5 Å². The number of hydrogen-bond acceptors (Lipinski definition) is 7. The molecule has 6 heterocycles. The third kappa shape index (κ3) is 5.08. The van der Waals surface area contributed by atoms with E-state index in [1.54, 1.807) is 12.4 Å². The summed E-state index contributed by atoms with van der Waals surface area (Å²) < 4.78 is 0. The molecular weight excluding hydrogens is 637 g/mol. The maximum Gasteiger partial charge on any atom is 0.320 e. The van der Waals surface area contributed by atoms with Gasteiger partial charge in [-0.1, -0.05) is 90.9 Å². The molecule has 0 bridgehead atoms. The summed E-state index contributed by atoms with van der Waals surface area (Å²) in [6, 6.07) is 43.8. The van der Waals surface area contributed by atoms with Crippen LogP contribution in [-0.2, 0) is 0 Å². The summed E-state index contributed by atoms with van der Waals surface area (Å²) >= 11 is 0. The molecule has 0 spiro atoms. The average Bonchev–Trinajstić information content (AvgIpc) is 3.23. The van der Waals surface area contributed by atoms with Gasteiger partial charge < -0.3 is 4.81 Å². The Balaban J connectivity index is 1.29. The highest BCUT2D eigenvalue weighted by Gasteiger charge is 2.35. The second-order valence-corrected chi connectivity index (χ2v) is 12.8. The van der Waals surface area contributed by atoms with Crippen LogP contribution in [0.2, 0.25) is 0 Å². The summed E-state index contributed by atoms with van der Waals surface area (Å²) in [4.78, 5) is 31.5. The van der Waals surface area contributed by atoms with Crippen LogP contribution >= 0.6 is 0 Å². The maximum atomic E-state index is 5.07. The van der Waals surface area contributed by atoms with Gasteiger partial charge in [0.1, 0.15) is 11.4 Å². The Bertz CT molecular complexity index is 2630. The summed E-state index contributed by atoms with van der Waals surface area (Å²) in [5.74, 6) is 3.75. The molecule has 4 aromatic heterocycles. The van der Waals surface area contributed by atoms with Crippen molar-refractivity contribution in [2.75, 3.05) is 4.81 Å². The summed E-state index contributed by atoms with van der Waals surface area (Å²) in [7, 11) is 0. The van der Waals surface area contributed by atoms with Crippen molar-refractivity contribution < 1.29 is 0 Å². The highest BCUT2D eigenvalue weighted by molar-refractivity contribution is 6.84. The van der Waals surface area contributed by atoms with E-state index in [0.29, 0.717) is 28.9 Å². The molecule has 0 saturated carbocycles. The van der Waals surface area contributed by atoms with E-state index in [0.717, 1.165) is 44.4 Å². The molecular formula is C44H28BN7. The van der Waals surface area contributed by atoms with Crippen LogP contribution in [0.5, 0.6) is 0 Å². The molecule has 0 amide bonds. The second-order valence-electron chi connectivity index (χ2n) is 12.8. The Morgan fingerprint density at radius 1 is 0.481 bits per heavy atom. The summed E-state index contributed by atoms with van der Waals surface area (Å²) in [5, 5.41) is 1.07. The molecule has 52 heavy (non-hydrogen) atoms. The first-order valence-corrected chi connectivity index (χ1v) is 17.2. The van der Waals surface area contributed by atoms with Crippen LogP contribution in [-0.4, -0.2) is 36.8 Å². The van der Waals surface area contributed by atoms with E-state index in [-0.39, 0.29) is 6.85 Å². The molecule has 0 radical (unpaired) electrons. The van der Waals surface area contributed by atoms with Gasteiger partial charge in [-0.25, -0.2) is 15.0 Å². The Morgan fingerprint density at radius 2 is 1.19 bits per heavy atom. The van der Waals surface area contributed by atoms with Crippen molar-refractivity contribution in [2.45, 2.75) is 0 Å². The average molecular weight is 666 g/mol. The molecule has 4 aromatic carbocycles. The molecule has 8 heteroatoms. The van der Waals surface area contributed by atoms with Crippen LogP contribution < -0.4 is 10.3 Å². The Kier molecular flexibility index (Phi) is 7.09. The minimum atomic E-state index is 0.0117. The molecule has 2 aliphatic heterocycles. The number of nitrogens with zero attached hydrogens (tertiary/aromatic N) is 7. The third-order valence-corrected chi connectivity index (χ3v) is 9.70. The molecule has 0 atom stereocenters. The number of allylic oxidation sites excluding steroid dienone is 2. The van der Waals surface area contributed by atoms with E-state index in [2.05, 4.69) is 124 Å². The summed E-state index contributed by atoms with van der Waals surface area (Å²) in [6.07, 6.45) is 11.8. The first kappa shape index (κ1) is 29.8. The Morgan fingerprint density at radius 3 is 1.96 bits per heavy atom. The number of fused-ring (bicyclic) bond motifs is 7. The lowest BCUT2D eigenvalue weighted by molar-refractivity contribution is 1.05. The zero-order valence-corrected chi connectivity index (χ0v) is 27.9. The number of hydrogen-bond donors (Lipinski definition) is 0. The van der Waals surface area contributed by atoms with Gasteiger partial charge in [0.25, 0.3) is 0 Å². The molecule has 0 unspecified atom stereocenters. The van der Waals surface area contributed by atoms with Crippen LogP contribution in [0.25, 0.3) is 78.7 Å². The van der Waals surface area contributed by atoms with Gasteiger partial charge >= 0.3 is 6.85 Å². The van der Waals surface area contributed by atoms with Gasteiger partial charge in [-0.3, -0.25) is 15.0 Å². The van der Waals surface area contributed by atoms with Gasteiger partial charge in [0.2, 0.25) is 0 Å². The zero-order valence-electron chi connectivity index (χ0n) is 27.9. The van der Waals surface area contributed by atoms with E-state index in [4.69, 9.17) is 19.9 Å². The van der Waals surface area contributed by atoms with E-state index in [9.17, 15) is 0 Å².